The van der Waals surface area contributed by atoms with Crippen LogP contribution in [0, 0.1) is 6.92 Å². The van der Waals surface area contributed by atoms with Crippen LogP contribution in [0.15, 0.2) is 10.8 Å². The van der Waals surface area contributed by atoms with Gasteiger partial charge in [0.2, 0.25) is 0 Å². The molecule has 12 heavy (non-hydrogen) atoms. The van der Waals surface area contributed by atoms with Crippen LogP contribution in [0.5, 0.6) is 0 Å². The minimum atomic E-state index is 0.263. The highest BCUT2D eigenvalue weighted by molar-refractivity contribution is 5.64. The van der Waals surface area contributed by atoms with E-state index in [-0.39, 0.29) is 5.82 Å². The number of rotatable bonds is 1. The van der Waals surface area contributed by atoms with Gasteiger partial charge in [0.15, 0.2) is 11.5 Å². The number of anilines is 1. The molecule has 0 unspecified atom stereocenters. The second-order valence-electron chi connectivity index (χ2n) is 2.38. The van der Waals surface area contributed by atoms with Crippen LogP contribution in [0.1, 0.15) is 5.82 Å². The Morgan fingerprint density at radius 1 is 1.50 bits per heavy atom. The lowest BCUT2D eigenvalue weighted by atomic mass is 10.3. The minimum Gasteiger partial charge on any atom is -0.379 e. The second kappa shape index (κ2) is 2.33. The van der Waals surface area contributed by atoms with Crippen LogP contribution in [0.2, 0.25) is 0 Å². The quantitative estimate of drug-likeness (QED) is 0.635. The maximum absolute atomic E-state index is 5.47. The highest BCUT2D eigenvalue weighted by atomic mass is 16.6. The van der Waals surface area contributed by atoms with E-state index in [2.05, 4.69) is 24.9 Å². The van der Waals surface area contributed by atoms with E-state index >= 15 is 0 Å². The molecule has 0 amide bonds. The number of imidazole rings is 1. The fraction of sp³-hybridized carbons (Fsp3) is 0.167. The maximum atomic E-state index is 5.47. The summed E-state index contributed by atoms with van der Waals surface area (Å²) in [6, 6.07) is 0. The standard InChI is InChI=1S/C6H7N5O/c1-3-8-2-4(9-3)5-6(7)11-12-10-5/h2H,1H3,(H2,7,11)(H,8,9). The largest absolute Gasteiger partial charge is 0.379 e. The molecule has 0 saturated carbocycles. The summed E-state index contributed by atoms with van der Waals surface area (Å²) in [5.41, 5.74) is 6.68. The molecule has 3 N–H and O–H groups in total. The number of nitrogens with one attached hydrogen (secondary N) is 1. The summed E-state index contributed by atoms with van der Waals surface area (Å²) in [6.07, 6.45) is 1.63. The zero-order valence-corrected chi connectivity index (χ0v) is 6.40. The van der Waals surface area contributed by atoms with E-state index < -0.39 is 0 Å². The molecule has 0 saturated heterocycles. The summed E-state index contributed by atoms with van der Waals surface area (Å²) in [4.78, 5) is 6.96. The zero-order valence-electron chi connectivity index (χ0n) is 6.40. The van der Waals surface area contributed by atoms with Gasteiger partial charge in [0, 0.05) is 0 Å². The number of aromatic amines is 1. The number of aryl methyl sites for hydroxylation is 1. The van der Waals surface area contributed by atoms with Gasteiger partial charge in [-0.25, -0.2) is 9.61 Å². The van der Waals surface area contributed by atoms with E-state index in [1.54, 1.807) is 6.20 Å². The van der Waals surface area contributed by atoms with E-state index in [0.717, 1.165) is 5.82 Å². The van der Waals surface area contributed by atoms with Crippen molar-refractivity contribution in [3.63, 3.8) is 0 Å². The van der Waals surface area contributed by atoms with Gasteiger partial charge in [-0.3, -0.25) is 0 Å². The molecule has 2 rings (SSSR count). The molecule has 0 aliphatic heterocycles. The van der Waals surface area contributed by atoms with Crippen molar-refractivity contribution in [3.05, 3.63) is 12.0 Å². The normalized spacial score (nSPS) is 10.4. The Balaban J connectivity index is 2.50. The molecule has 0 aliphatic carbocycles. The van der Waals surface area contributed by atoms with Gasteiger partial charge in [-0.05, 0) is 17.2 Å². The van der Waals surface area contributed by atoms with Gasteiger partial charge in [0.1, 0.15) is 5.82 Å². The van der Waals surface area contributed by atoms with Gasteiger partial charge in [-0.1, -0.05) is 0 Å². The van der Waals surface area contributed by atoms with Crippen LogP contribution >= 0.6 is 0 Å². The Bertz CT molecular complexity index is 390. The fourth-order valence-electron chi connectivity index (χ4n) is 0.924. The first-order chi connectivity index (χ1) is 5.77. The van der Waals surface area contributed by atoms with Crippen molar-refractivity contribution in [2.75, 3.05) is 5.73 Å². The number of H-pyrrole nitrogens is 1. The van der Waals surface area contributed by atoms with E-state index in [1.165, 1.54) is 0 Å². The zero-order chi connectivity index (χ0) is 8.55. The third kappa shape index (κ3) is 0.931. The molecule has 0 atom stereocenters. The number of nitrogen functional groups attached to an aromatic ring is 1. The number of nitrogens with zero attached hydrogens (tertiary/aromatic N) is 3. The van der Waals surface area contributed by atoms with Gasteiger partial charge >= 0.3 is 0 Å². The van der Waals surface area contributed by atoms with Crippen LogP contribution in [-0.2, 0) is 0 Å². The lowest BCUT2D eigenvalue weighted by molar-refractivity contribution is 0.310. The monoisotopic (exact) mass is 165 g/mol. The molecular weight excluding hydrogens is 158 g/mol. The molecule has 0 radical (unpaired) electrons. The highest BCUT2D eigenvalue weighted by Gasteiger charge is 2.10. The summed E-state index contributed by atoms with van der Waals surface area (Å²) in [5.74, 6) is 1.06. The van der Waals surface area contributed by atoms with Crippen molar-refractivity contribution < 1.29 is 4.63 Å². The summed E-state index contributed by atoms with van der Waals surface area (Å²) < 4.78 is 4.44. The predicted octanol–water partition coefficient (Wildman–Crippen LogP) is 0.350. The third-order valence-electron chi connectivity index (χ3n) is 1.47. The number of hydrogen-bond acceptors (Lipinski definition) is 5. The Labute approximate surface area is 67.8 Å². The van der Waals surface area contributed by atoms with Crippen LogP contribution < -0.4 is 5.73 Å². The van der Waals surface area contributed by atoms with Crippen molar-refractivity contribution in [3.8, 4) is 11.4 Å². The molecule has 2 aromatic rings. The molecular formula is C6H7N5O. The van der Waals surface area contributed by atoms with E-state index in [0.29, 0.717) is 11.4 Å². The third-order valence-corrected chi connectivity index (χ3v) is 1.47. The van der Waals surface area contributed by atoms with Crippen LogP contribution in [0.3, 0.4) is 0 Å². The molecule has 2 heterocycles. The van der Waals surface area contributed by atoms with Crippen LogP contribution in [0.4, 0.5) is 5.82 Å². The van der Waals surface area contributed by atoms with Gasteiger partial charge in [0.05, 0.1) is 11.9 Å². The predicted molar refractivity (Wildman–Crippen MR) is 41.0 cm³/mol. The molecule has 6 heteroatoms. The number of nitrogens with two attached hydrogens (primary N) is 1. The first-order valence-corrected chi connectivity index (χ1v) is 3.37. The van der Waals surface area contributed by atoms with E-state index in [9.17, 15) is 0 Å². The lowest BCUT2D eigenvalue weighted by Gasteiger charge is -1.86. The van der Waals surface area contributed by atoms with Gasteiger partial charge in [0.25, 0.3) is 0 Å². The first-order valence-electron chi connectivity index (χ1n) is 3.37. The molecule has 0 aliphatic rings. The average Bonchev–Trinajstić information content (AvgIpc) is 2.58. The van der Waals surface area contributed by atoms with Crippen molar-refractivity contribution in [2.45, 2.75) is 6.92 Å². The molecule has 0 bridgehead atoms. The van der Waals surface area contributed by atoms with Gasteiger partial charge < -0.3 is 10.7 Å². The molecule has 0 aromatic carbocycles. The Morgan fingerprint density at radius 2 is 2.33 bits per heavy atom. The molecule has 0 fully saturated rings. The number of aromatic nitrogens is 4. The minimum absolute atomic E-state index is 0.263. The Hall–Kier alpha value is -1.85. The van der Waals surface area contributed by atoms with Gasteiger partial charge in [-0.15, -0.1) is 0 Å². The lowest BCUT2D eigenvalue weighted by Crippen LogP contribution is -1.88. The molecule has 2 aromatic heterocycles. The van der Waals surface area contributed by atoms with Crippen molar-refractivity contribution in [2.24, 2.45) is 0 Å². The SMILES string of the molecule is Cc1ncc(-c2nonc2N)[nH]1. The van der Waals surface area contributed by atoms with Crippen molar-refractivity contribution in [1.29, 1.82) is 0 Å². The molecule has 0 spiro atoms. The van der Waals surface area contributed by atoms with Crippen molar-refractivity contribution >= 4 is 5.82 Å². The fourth-order valence-corrected chi connectivity index (χ4v) is 0.924. The first kappa shape index (κ1) is 6.84. The average molecular weight is 165 g/mol. The maximum Gasteiger partial charge on any atom is 0.197 e. The number of hydrogen-bond donors (Lipinski definition) is 2. The van der Waals surface area contributed by atoms with Crippen LogP contribution in [-0.4, -0.2) is 20.3 Å². The van der Waals surface area contributed by atoms with Crippen molar-refractivity contribution in [1.82, 2.24) is 20.3 Å². The molecule has 62 valence electrons. The summed E-state index contributed by atoms with van der Waals surface area (Å²) in [5, 5.41) is 7.06. The summed E-state index contributed by atoms with van der Waals surface area (Å²) in [6.45, 7) is 1.84. The Kier molecular flexibility index (Phi) is 1.33. The van der Waals surface area contributed by atoms with Gasteiger partial charge in [-0.2, -0.15) is 0 Å². The second-order valence-corrected chi connectivity index (χ2v) is 2.38. The molecule has 6 nitrogen and oxygen atoms in total. The summed E-state index contributed by atoms with van der Waals surface area (Å²) in [7, 11) is 0. The van der Waals surface area contributed by atoms with Crippen LogP contribution in [0.25, 0.3) is 11.4 Å². The topological polar surface area (TPSA) is 93.6 Å². The van der Waals surface area contributed by atoms with E-state index in [4.69, 9.17) is 5.73 Å². The smallest absolute Gasteiger partial charge is 0.197 e. The Morgan fingerprint density at radius 3 is 2.83 bits per heavy atom. The van der Waals surface area contributed by atoms with E-state index in [1.807, 2.05) is 6.92 Å². The summed E-state index contributed by atoms with van der Waals surface area (Å²) >= 11 is 0. The highest BCUT2D eigenvalue weighted by Crippen LogP contribution is 2.18.